The lowest BCUT2D eigenvalue weighted by Crippen LogP contribution is -2.10. The summed E-state index contributed by atoms with van der Waals surface area (Å²) in [7, 11) is 0. The Morgan fingerprint density at radius 2 is 1.42 bits per heavy atom. The van der Waals surface area contributed by atoms with E-state index in [9.17, 15) is 0 Å². The van der Waals surface area contributed by atoms with E-state index >= 15 is 0 Å². The predicted molar refractivity (Wildman–Crippen MR) is 82.4 cm³/mol. The Kier molecular flexibility index (Phi) is 3.88. The standard InChI is InChI=1S/C17H17BrO/c18-12-6-5-7-13-14-8-1-3-10-16(14)19-17-11-4-2-9-15(13)17/h1-4,8-11,13H,5-7,12H2. The predicted octanol–water partition coefficient (Wildman–Crippen LogP) is 5.49. The van der Waals surface area contributed by atoms with Crippen LogP contribution >= 0.6 is 15.9 Å². The molecule has 0 unspecified atom stereocenters. The molecule has 0 radical (unpaired) electrons. The van der Waals surface area contributed by atoms with Crippen LogP contribution in [-0.4, -0.2) is 5.33 Å². The Labute approximate surface area is 122 Å². The van der Waals surface area contributed by atoms with Gasteiger partial charge in [0.2, 0.25) is 0 Å². The second kappa shape index (κ2) is 5.79. The molecule has 0 atom stereocenters. The Bertz CT molecular complexity index is 519. The van der Waals surface area contributed by atoms with Crippen LogP contribution in [-0.2, 0) is 0 Å². The zero-order valence-electron chi connectivity index (χ0n) is 10.8. The van der Waals surface area contributed by atoms with Crippen molar-refractivity contribution in [2.75, 3.05) is 5.33 Å². The molecule has 3 rings (SSSR count). The van der Waals surface area contributed by atoms with Crippen molar-refractivity contribution in [3.63, 3.8) is 0 Å². The summed E-state index contributed by atoms with van der Waals surface area (Å²) in [5.74, 6) is 2.51. The summed E-state index contributed by atoms with van der Waals surface area (Å²) in [5.41, 5.74) is 2.66. The first-order valence-corrected chi connectivity index (χ1v) is 7.94. The van der Waals surface area contributed by atoms with E-state index in [-0.39, 0.29) is 0 Å². The van der Waals surface area contributed by atoms with Crippen molar-refractivity contribution in [1.82, 2.24) is 0 Å². The van der Waals surface area contributed by atoms with Crippen LogP contribution in [0.15, 0.2) is 48.5 Å². The van der Waals surface area contributed by atoms with Gasteiger partial charge in [-0.3, -0.25) is 0 Å². The Balaban J connectivity index is 1.96. The second-order valence-electron chi connectivity index (χ2n) is 4.92. The maximum atomic E-state index is 6.00. The van der Waals surface area contributed by atoms with Gasteiger partial charge in [-0.2, -0.15) is 0 Å². The topological polar surface area (TPSA) is 9.23 Å². The maximum absolute atomic E-state index is 6.00. The smallest absolute Gasteiger partial charge is 0.131 e. The van der Waals surface area contributed by atoms with E-state index in [1.165, 1.54) is 30.4 Å². The molecule has 0 bridgehead atoms. The number of halogens is 1. The second-order valence-corrected chi connectivity index (χ2v) is 5.71. The van der Waals surface area contributed by atoms with Crippen molar-refractivity contribution in [2.45, 2.75) is 25.2 Å². The summed E-state index contributed by atoms with van der Waals surface area (Å²) in [6.45, 7) is 0. The van der Waals surface area contributed by atoms with Gasteiger partial charge in [-0.05, 0) is 25.0 Å². The quantitative estimate of drug-likeness (QED) is 0.535. The first-order valence-electron chi connectivity index (χ1n) is 6.82. The molecule has 0 spiro atoms. The fourth-order valence-corrected chi connectivity index (χ4v) is 3.16. The largest absolute Gasteiger partial charge is 0.457 e. The Hall–Kier alpha value is -1.28. The normalized spacial score (nSPS) is 13.5. The van der Waals surface area contributed by atoms with E-state index in [0.717, 1.165) is 16.8 Å². The lowest BCUT2D eigenvalue weighted by molar-refractivity contribution is 0.438. The minimum Gasteiger partial charge on any atom is -0.457 e. The van der Waals surface area contributed by atoms with Gasteiger partial charge in [0.1, 0.15) is 11.5 Å². The van der Waals surface area contributed by atoms with Crippen molar-refractivity contribution >= 4 is 15.9 Å². The lowest BCUT2D eigenvalue weighted by atomic mass is 9.84. The number of hydrogen-bond acceptors (Lipinski definition) is 1. The highest BCUT2D eigenvalue weighted by atomic mass is 79.9. The van der Waals surface area contributed by atoms with E-state index in [1.807, 2.05) is 12.1 Å². The Morgan fingerprint density at radius 3 is 2.00 bits per heavy atom. The number of alkyl halides is 1. The van der Waals surface area contributed by atoms with Gasteiger partial charge in [0, 0.05) is 22.4 Å². The zero-order valence-corrected chi connectivity index (χ0v) is 12.4. The van der Waals surface area contributed by atoms with Crippen LogP contribution in [0, 0.1) is 0 Å². The number of benzene rings is 2. The molecule has 2 aromatic carbocycles. The number of fused-ring (bicyclic) bond motifs is 2. The van der Waals surface area contributed by atoms with Crippen molar-refractivity contribution in [1.29, 1.82) is 0 Å². The van der Waals surface area contributed by atoms with Gasteiger partial charge >= 0.3 is 0 Å². The van der Waals surface area contributed by atoms with Gasteiger partial charge < -0.3 is 4.74 Å². The van der Waals surface area contributed by atoms with Crippen LogP contribution in [0.5, 0.6) is 11.5 Å². The summed E-state index contributed by atoms with van der Waals surface area (Å²) in [5, 5.41) is 1.08. The minimum absolute atomic E-state index is 0.472. The molecule has 0 aliphatic carbocycles. The number of hydrogen-bond donors (Lipinski definition) is 0. The number of unbranched alkanes of at least 4 members (excludes halogenated alkanes) is 1. The van der Waals surface area contributed by atoms with Gasteiger partial charge in [0.05, 0.1) is 0 Å². The first-order chi connectivity index (χ1) is 9.40. The maximum Gasteiger partial charge on any atom is 0.131 e. The fourth-order valence-electron chi connectivity index (χ4n) is 2.76. The fraction of sp³-hybridized carbons (Fsp3) is 0.294. The molecule has 0 fully saturated rings. The SMILES string of the molecule is BrCCCCC1c2ccccc2Oc2ccccc21. The molecule has 1 heterocycles. The molecule has 98 valence electrons. The van der Waals surface area contributed by atoms with E-state index in [2.05, 4.69) is 52.3 Å². The van der Waals surface area contributed by atoms with Crippen LogP contribution in [0.25, 0.3) is 0 Å². The third-order valence-corrected chi connectivity index (χ3v) is 4.25. The van der Waals surface area contributed by atoms with Gasteiger partial charge in [-0.25, -0.2) is 0 Å². The molecule has 19 heavy (non-hydrogen) atoms. The molecule has 0 saturated carbocycles. The van der Waals surface area contributed by atoms with E-state index in [4.69, 9.17) is 4.74 Å². The number of para-hydroxylation sites is 2. The molecule has 0 amide bonds. The van der Waals surface area contributed by atoms with Crippen LogP contribution in [0.4, 0.5) is 0 Å². The lowest BCUT2D eigenvalue weighted by Gasteiger charge is -2.28. The van der Waals surface area contributed by atoms with E-state index in [0.29, 0.717) is 5.92 Å². The summed E-state index contributed by atoms with van der Waals surface area (Å²) in [6.07, 6.45) is 3.64. The van der Waals surface area contributed by atoms with Crippen molar-refractivity contribution in [3.8, 4) is 11.5 Å². The highest BCUT2D eigenvalue weighted by Crippen LogP contribution is 2.45. The molecular weight excluding hydrogens is 300 g/mol. The third kappa shape index (κ3) is 2.55. The van der Waals surface area contributed by atoms with Gasteiger partial charge in [-0.15, -0.1) is 0 Å². The van der Waals surface area contributed by atoms with Crippen molar-refractivity contribution in [3.05, 3.63) is 59.7 Å². The molecule has 1 nitrogen and oxygen atoms in total. The summed E-state index contributed by atoms with van der Waals surface area (Å²) < 4.78 is 6.00. The van der Waals surface area contributed by atoms with Gasteiger partial charge in [0.25, 0.3) is 0 Å². The van der Waals surface area contributed by atoms with Gasteiger partial charge in [-0.1, -0.05) is 58.7 Å². The molecule has 0 aromatic heterocycles. The summed E-state index contributed by atoms with van der Waals surface area (Å²) in [6, 6.07) is 16.8. The number of ether oxygens (including phenoxy) is 1. The first kappa shape index (κ1) is 12.7. The molecule has 1 aliphatic heterocycles. The monoisotopic (exact) mass is 316 g/mol. The third-order valence-electron chi connectivity index (χ3n) is 3.69. The minimum atomic E-state index is 0.472. The van der Waals surface area contributed by atoms with Crippen LogP contribution in [0.1, 0.15) is 36.3 Å². The summed E-state index contributed by atoms with van der Waals surface area (Å²) >= 11 is 3.51. The van der Waals surface area contributed by atoms with E-state index < -0.39 is 0 Å². The number of rotatable bonds is 4. The van der Waals surface area contributed by atoms with Crippen molar-refractivity contribution in [2.24, 2.45) is 0 Å². The average Bonchev–Trinajstić information content (AvgIpc) is 2.46. The molecule has 0 saturated heterocycles. The van der Waals surface area contributed by atoms with Crippen molar-refractivity contribution < 1.29 is 4.74 Å². The highest BCUT2D eigenvalue weighted by Gasteiger charge is 2.25. The van der Waals surface area contributed by atoms with Crippen LogP contribution < -0.4 is 4.74 Å². The molecule has 0 N–H and O–H groups in total. The van der Waals surface area contributed by atoms with Crippen LogP contribution in [0.2, 0.25) is 0 Å². The van der Waals surface area contributed by atoms with Gasteiger partial charge in [0.15, 0.2) is 0 Å². The highest BCUT2D eigenvalue weighted by molar-refractivity contribution is 9.09. The zero-order chi connectivity index (χ0) is 13.1. The Morgan fingerprint density at radius 1 is 0.842 bits per heavy atom. The molecule has 2 aromatic rings. The molecular formula is C17H17BrO. The molecule has 2 heteroatoms. The summed E-state index contributed by atoms with van der Waals surface area (Å²) in [4.78, 5) is 0. The average molecular weight is 317 g/mol. The van der Waals surface area contributed by atoms with E-state index in [1.54, 1.807) is 0 Å². The molecule has 1 aliphatic rings. The van der Waals surface area contributed by atoms with Crippen LogP contribution in [0.3, 0.4) is 0 Å².